The summed E-state index contributed by atoms with van der Waals surface area (Å²) in [5.41, 5.74) is 2.14. The molecule has 7 nitrogen and oxygen atoms in total. The van der Waals surface area contributed by atoms with Crippen LogP contribution in [0.5, 0.6) is 11.5 Å². The van der Waals surface area contributed by atoms with Crippen LogP contribution in [0, 0.1) is 12.7 Å². The Bertz CT molecular complexity index is 1260. The Morgan fingerprint density at radius 2 is 1.89 bits per heavy atom. The summed E-state index contributed by atoms with van der Waals surface area (Å²) < 4.78 is 24.4. The summed E-state index contributed by atoms with van der Waals surface area (Å²) in [6.07, 6.45) is 0. The minimum absolute atomic E-state index is 0.205. The number of rotatable bonds is 8. The second-order valence-electron chi connectivity index (χ2n) is 8.24. The van der Waals surface area contributed by atoms with E-state index < -0.39 is 6.04 Å². The SMILES string of the molecule is Cc1cc(F)ccc1OCC(=O)c1ccc2c(c1)N([C@@H](C)C(=O)NCc1ccccc1)C(=O)CO2. The highest BCUT2D eigenvalue weighted by atomic mass is 19.1. The molecule has 8 heteroatoms. The van der Waals surface area contributed by atoms with Crippen LogP contribution in [0.1, 0.15) is 28.4 Å². The number of aryl methyl sites for hydroxylation is 1. The van der Waals surface area contributed by atoms with Gasteiger partial charge in [-0.25, -0.2) is 4.39 Å². The van der Waals surface area contributed by atoms with Gasteiger partial charge in [0.2, 0.25) is 5.91 Å². The van der Waals surface area contributed by atoms with Crippen LogP contribution in [0.15, 0.2) is 66.7 Å². The van der Waals surface area contributed by atoms with Crippen molar-refractivity contribution in [2.75, 3.05) is 18.1 Å². The number of hydrogen-bond acceptors (Lipinski definition) is 5. The summed E-state index contributed by atoms with van der Waals surface area (Å²) in [5.74, 6) is -0.636. The molecule has 180 valence electrons. The van der Waals surface area contributed by atoms with Crippen molar-refractivity contribution in [1.82, 2.24) is 5.32 Å². The molecule has 0 spiro atoms. The zero-order valence-electron chi connectivity index (χ0n) is 19.4. The van der Waals surface area contributed by atoms with E-state index >= 15 is 0 Å². The van der Waals surface area contributed by atoms with Crippen molar-refractivity contribution >= 4 is 23.3 Å². The molecular formula is C27H25FN2O5. The van der Waals surface area contributed by atoms with Gasteiger partial charge in [-0.1, -0.05) is 30.3 Å². The normalized spacial score (nSPS) is 13.5. The number of anilines is 1. The zero-order chi connectivity index (χ0) is 24.9. The number of nitrogens with one attached hydrogen (secondary N) is 1. The summed E-state index contributed by atoms with van der Waals surface area (Å²) >= 11 is 0. The van der Waals surface area contributed by atoms with Gasteiger partial charge in [-0.2, -0.15) is 0 Å². The lowest BCUT2D eigenvalue weighted by atomic mass is 10.1. The second kappa shape index (κ2) is 10.4. The summed E-state index contributed by atoms with van der Waals surface area (Å²) in [5, 5.41) is 2.85. The van der Waals surface area contributed by atoms with E-state index in [4.69, 9.17) is 9.47 Å². The second-order valence-corrected chi connectivity index (χ2v) is 8.24. The number of fused-ring (bicyclic) bond motifs is 1. The standard InChI is InChI=1S/C27H25FN2O5/c1-17-12-21(28)9-11-24(17)34-15-23(31)20-8-10-25-22(13-20)30(26(32)16-35-25)18(2)27(33)29-14-19-6-4-3-5-7-19/h3-13,18H,14-16H2,1-2H3,(H,29,33)/t18-/m0/s1. The first-order valence-corrected chi connectivity index (χ1v) is 11.2. The molecule has 1 atom stereocenters. The van der Waals surface area contributed by atoms with Gasteiger partial charge in [0.05, 0.1) is 5.69 Å². The maximum absolute atomic E-state index is 13.3. The molecule has 0 unspecified atom stereocenters. The Morgan fingerprint density at radius 1 is 1.11 bits per heavy atom. The molecule has 35 heavy (non-hydrogen) atoms. The fourth-order valence-electron chi connectivity index (χ4n) is 3.82. The lowest BCUT2D eigenvalue weighted by Gasteiger charge is -2.33. The van der Waals surface area contributed by atoms with E-state index in [0.29, 0.717) is 34.9 Å². The van der Waals surface area contributed by atoms with E-state index in [-0.39, 0.29) is 36.6 Å². The van der Waals surface area contributed by atoms with E-state index in [1.165, 1.54) is 29.2 Å². The summed E-state index contributed by atoms with van der Waals surface area (Å²) in [7, 11) is 0. The Kier molecular flexibility index (Phi) is 7.10. The maximum atomic E-state index is 13.3. The van der Waals surface area contributed by atoms with Crippen LogP contribution in [0.3, 0.4) is 0 Å². The third-order valence-electron chi connectivity index (χ3n) is 5.73. The minimum Gasteiger partial charge on any atom is -0.485 e. The molecular weight excluding hydrogens is 451 g/mol. The monoisotopic (exact) mass is 476 g/mol. The van der Waals surface area contributed by atoms with Crippen molar-refractivity contribution in [1.29, 1.82) is 0 Å². The van der Waals surface area contributed by atoms with E-state index in [0.717, 1.165) is 5.56 Å². The van der Waals surface area contributed by atoms with Crippen molar-refractivity contribution in [2.24, 2.45) is 0 Å². The first-order chi connectivity index (χ1) is 16.8. The topological polar surface area (TPSA) is 84.9 Å². The molecule has 2 amide bonds. The first kappa shape index (κ1) is 23.9. The molecule has 0 aromatic heterocycles. The van der Waals surface area contributed by atoms with E-state index in [2.05, 4.69) is 5.32 Å². The third-order valence-corrected chi connectivity index (χ3v) is 5.73. The average molecular weight is 477 g/mol. The minimum atomic E-state index is -0.822. The molecule has 1 aliphatic rings. The molecule has 0 saturated carbocycles. The van der Waals surface area contributed by atoms with Crippen LogP contribution in [-0.2, 0) is 16.1 Å². The van der Waals surface area contributed by atoms with Gasteiger partial charge in [-0.3, -0.25) is 19.3 Å². The number of carbonyl (C=O) groups excluding carboxylic acids is 3. The summed E-state index contributed by atoms with van der Waals surface area (Å²) in [6.45, 7) is 3.17. The maximum Gasteiger partial charge on any atom is 0.265 e. The van der Waals surface area contributed by atoms with Crippen LogP contribution in [0.25, 0.3) is 0 Å². The van der Waals surface area contributed by atoms with Crippen molar-refractivity contribution < 1.29 is 28.2 Å². The third kappa shape index (κ3) is 5.48. The molecule has 3 aromatic rings. The van der Waals surface area contributed by atoms with Gasteiger partial charge in [-0.05, 0) is 61.4 Å². The molecule has 0 bridgehead atoms. The van der Waals surface area contributed by atoms with Gasteiger partial charge < -0.3 is 14.8 Å². The molecule has 3 aromatic carbocycles. The number of amides is 2. The molecule has 1 aliphatic heterocycles. The van der Waals surface area contributed by atoms with Crippen LogP contribution in [0.4, 0.5) is 10.1 Å². The molecule has 0 aliphatic carbocycles. The Balaban J connectivity index is 1.49. The van der Waals surface area contributed by atoms with Crippen LogP contribution in [-0.4, -0.2) is 36.9 Å². The van der Waals surface area contributed by atoms with Crippen LogP contribution >= 0.6 is 0 Å². The number of nitrogens with zero attached hydrogens (tertiary/aromatic N) is 1. The van der Waals surface area contributed by atoms with E-state index in [1.54, 1.807) is 26.0 Å². The van der Waals surface area contributed by atoms with Crippen molar-refractivity contribution in [2.45, 2.75) is 26.4 Å². The summed E-state index contributed by atoms with van der Waals surface area (Å²) in [6, 6.07) is 17.4. The van der Waals surface area contributed by atoms with Gasteiger partial charge in [-0.15, -0.1) is 0 Å². The van der Waals surface area contributed by atoms with Crippen molar-refractivity contribution in [3.63, 3.8) is 0 Å². The lowest BCUT2D eigenvalue weighted by molar-refractivity contribution is -0.127. The van der Waals surface area contributed by atoms with E-state index in [9.17, 15) is 18.8 Å². The number of ether oxygens (including phenoxy) is 2. The smallest absolute Gasteiger partial charge is 0.265 e. The largest absolute Gasteiger partial charge is 0.485 e. The van der Waals surface area contributed by atoms with Crippen LogP contribution in [0.2, 0.25) is 0 Å². The van der Waals surface area contributed by atoms with Gasteiger partial charge >= 0.3 is 0 Å². The number of hydrogen-bond donors (Lipinski definition) is 1. The quantitative estimate of drug-likeness (QED) is 0.500. The molecule has 1 N–H and O–H groups in total. The fourth-order valence-corrected chi connectivity index (χ4v) is 3.82. The molecule has 0 saturated heterocycles. The van der Waals surface area contributed by atoms with Gasteiger partial charge in [0, 0.05) is 12.1 Å². The zero-order valence-corrected chi connectivity index (χ0v) is 19.4. The number of benzene rings is 3. The van der Waals surface area contributed by atoms with E-state index in [1.807, 2.05) is 30.3 Å². The molecule has 4 rings (SSSR count). The number of ketones is 1. The Hall–Kier alpha value is -4.20. The predicted molar refractivity (Wildman–Crippen MR) is 128 cm³/mol. The Labute approximate surface area is 202 Å². The van der Waals surface area contributed by atoms with Crippen molar-refractivity contribution in [3.05, 3.63) is 89.2 Å². The number of carbonyl (C=O) groups is 3. The highest BCUT2D eigenvalue weighted by molar-refractivity contribution is 6.05. The molecule has 1 heterocycles. The van der Waals surface area contributed by atoms with Crippen molar-refractivity contribution in [3.8, 4) is 11.5 Å². The Morgan fingerprint density at radius 3 is 2.63 bits per heavy atom. The first-order valence-electron chi connectivity index (χ1n) is 11.2. The van der Waals surface area contributed by atoms with Crippen LogP contribution < -0.4 is 19.7 Å². The van der Waals surface area contributed by atoms with Gasteiger partial charge in [0.15, 0.2) is 19.0 Å². The molecule has 0 fully saturated rings. The lowest BCUT2D eigenvalue weighted by Crippen LogP contribution is -2.51. The van der Waals surface area contributed by atoms with Gasteiger partial charge in [0.25, 0.3) is 5.91 Å². The number of Topliss-reactive ketones (excluding diaryl/α,β-unsaturated/α-hetero) is 1. The highest BCUT2D eigenvalue weighted by Gasteiger charge is 2.33. The fraction of sp³-hybridized carbons (Fsp3) is 0.222. The number of halogens is 1. The highest BCUT2D eigenvalue weighted by Crippen LogP contribution is 2.34. The van der Waals surface area contributed by atoms with Gasteiger partial charge in [0.1, 0.15) is 23.4 Å². The molecule has 0 radical (unpaired) electrons. The average Bonchev–Trinajstić information content (AvgIpc) is 2.86. The summed E-state index contributed by atoms with van der Waals surface area (Å²) in [4.78, 5) is 39.7. The predicted octanol–water partition coefficient (Wildman–Crippen LogP) is 3.83.